The monoisotopic (exact) mass is 240 g/mol. The molecule has 0 bridgehead atoms. The van der Waals surface area contributed by atoms with Gasteiger partial charge >= 0.3 is 0 Å². The molecule has 0 radical (unpaired) electrons. The summed E-state index contributed by atoms with van der Waals surface area (Å²) in [4.78, 5) is 2.01. The Morgan fingerprint density at radius 1 is 1.41 bits per heavy atom. The van der Waals surface area contributed by atoms with Gasteiger partial charge in [-0.1, -0.05) is 12.1 Å². The van der Waals surface area contributed by atoms with Gasteiger partial charge in [0.15, 0.2) is 0 Å². The first-order valence-corrected chi connectivity index (χ1v) is 5.90. The van der Waals surface area contributed by atoms with Crippen LogP contribution in [-0.2, 0) is 11.3 Å². The summed E-state index contributed by atoms with van der Waals surface area (Å²) in [5.41, 5.74) is 1.66. The largest absolute Gasteiger partial charge is 0.383 e. The standard InChI is InChI=1S/C13H21FN2O/c1-4-16(8-9-17-3)13-11(10-15-2)6-5-7-12(13)14/h5-7,15H,4,8-10H2,1-3H3. The molecule has 0 aliphatic heterocycles. The SMILES string of the molecule is CCN(CCOC)c1c(F)cccc1CNC. The third-order valence-electron chi connectivity index (χ3n) is 2.70. The minimum atomic E-state index is -0.171. The van der Waals surface area contributed by atoms with Crippen LogP contribution in [0, 0.1) is 5.82 Å². The third kappa shape index (κ3) is 3.68. The van der Waals surface area contributed by atoms with Gasteiger partial charge in [0.2, 0.25) is 0 Å². The maximum Gasteiger partial charge on any atom is 0.146 e. The lowest BCUT2D eigenvalue weighted by molar-refractivity contribution is 0.205. The van der Waals surface area contributed by atoms with E-state index < -0.39 is 0 Å². The van der Waals surface area contributed by atoms with Gasteiger partial charge in [-0.15, -0.1) is 0 Å². The Kier molecular flexibility index (Phi) is 5.94. The zero-order valence-electron chi connectivity index (χ0n) is 10.8. The normalized spacial score (nSPS) is 10.6. The number of nitrogens with one attached hydrogen (secondary N) is 1. The third-order valence-corrected chi connectivity index (χ3v) is 2.70. The van der Waals surface area contributed by atoms with E-state index in [0.717, 1.165) is 12.1 Å². The second-order valence-corrected chi connectivity index (χ2v) is 3.85. The summed E-state index contributed by atoms with van der Waals surface area (Å²) in [6.45, 7) is 4.74. The maximum absolute atomic E-state index is 13.9. The summed E-state index contributed by atoms with van der Waals surface area (Å²) < 4.78 is 19.0. The lowest BCUT2D eigenvalue weighted by atomic mass is 10.1. The summed E-state index contributed by atoms with van der Waals surface area (Å²) in [5, 5.41) is 3.06. The highest BCUT2D eigenvalue weighted by Crippen LogP contribution is 2.24. The van der Waals surface area contributed by atoms with Crippen LogP contribution < -0.4 is 10.2 Å². The predicted molar refractivity (Wildman–Crippen MR) is 68.9 cm³/mol. The van der Waals surface area contributed by atoms with E-state index >= 15 is 0 Å². The van der Waals surface area contributed by atoms with Crippen LogP contribution in [0.2, 0.25) is 0 Å². The number of hydrogen-bond donors (Lipinski definition) is 1. The molecule has 1 N–H and O–H groups in total. The molecule has 0 saturated heterocycles. The van der Waals surface area contributed by atoms with Gasteiger partial charge in [0.1, 0.15) is 5.82 Å². The van der Waals surface area contributed by atoms with Gasteiger partial charge in [-0.05, 0) is 25.6 Å². The zero-order chi connectivity index (χ0) is 12.7. The molecule has 4 heteroatoms. The van der Waals surface area contributed by atoms with Crippen LogP contribution in [0.5, 0.6) is 0 Å². The van der Waals surface area contributed by atoms with Crippen LogP contribution in [-0.4, -0.2) is 33.9 Å². The number of para-hydroxylation sites is 1. The second kappa shape index (κ2) is 7.25. The summed E-state index contributed by atoms with van der Waals surface area (Å²) >= 11 is 0. The topological polar surface area (TPSA) is 24.5 Å². The van der Waals surface area contributed by atoms with Crippen LogP contribution in [0.3, 0.4) is 0 Å². The van der Waals surface area contributed by atoms with E-state index in [1.165, 1.54) is 6.07 Å². The molecule has 3 nitrogen and oxygen atoms in total. The Bertz CT molecular complexity index is 344. The van der Waals surface area contributed by atoms with Crippen molar-refractivity contribution >= 4 is 5.69 Å². The number of halogens is 1. The zero-order valence-corrected chi connectivity index (χ0v) is 10.8. The molecule has 0 heterocycles. The smallest absolute Gasteiger partial charge is 0.146 e. The molecule has 1 rings (SSSR count). The molecule has 1 aromatic rings. The molecule has 0 saturated carbocycles. The minimum Gasteiger partial charge on any atom is -0.383 e. The van der Waals surface area contributed by atoms with E-state index in [2.05, 4.69) is 5.32 Å². The molecular formula is C13H21FN2O. The fourth-order valence-electron chi connectivity index (χ4n) is 1.88. The van der Waals surface area contributed by atoms with E-state index in [1.807, 2.05) is 24.9 Å². The van der Waals surface area contributed by atoms with Crippen molar-refractivity contribution in [3.05, 3.63) is 29.6 Å². The van der Waals surface area contributed by atoms with Crippen LogP contribution in [0.1, 0.15) is 12.5 Å². The fourth-order valence-corrected chi connectivity index (χ4v) is 1.88. The molecule has 0 spiro atoms. The van der Waals surface area contributed by atoms with E-state index in [9.17, 15) is 4.39 Å². The second-order valence-electron chi connectivity index (χ2n) is 3.85. The average molecular weight is 240 g/mol. The molecule has 0 fully saturated rings. The van der Waals surface area contributed by atoms with Gasteiger partial charge in [-0.25, -0.2) is 4.39 Å². The van der Waals surface area contributed by atoms with Gasteiger partial charge < -0.3 is 15.0 Å². The molecule has 17 heavy (non-hydrogen) atoms. The summed E-state index contributed by atoms with van der Waals surface area (Å²) in [6, 6.07) is 5.20. The molecular weight excluding hydrogens is 219 g/mol. The van der Waals surface area contributed by atoms with E-state index in [-0.39, 0.29) is 5.82 Å². The van der Waals surface area contributed by atoms with Crippen molar-refractivity contribution < 1.29 is 9.13 Å². The number of hydrogen-bond acceptors (Lipinski definition) is 3. The number of methoxy groups -OCH3 is 1. The van der Waals surface area contributed by atoms with Crippen molar-refractivity contribution in [1.29, 1.82) is 0 Å². The molecule has 0 aliphatic carbocycles. The lowest BCUT2D eigenvalue weighted by Crippen LogP contribution is -2.29. The van der Waals surface area contributed by atoms with Gasteiger partial charge in [0.05, 0.1) is 12.3 Å². The number of benzene rings is 1. The molecule has 1 aromatic carbocycles. The summed E-state index contributed by atoms with van der Waals surface area (Å²) in [5.74, 6) is -0.171. The van der Waals surface area contributed by atoms with Crippen LogP contribution >= 0.6 is 0 Å². The fraction of sp³-hybridized carbons (Fsp3) is 0.538. The number of rotatable bonds is 7. The highest BCUT2D eigenvalue weighted by molar-refractivity contribution is 5.54. The first-order valence-electron chi connectivity index (χ1n) is 5.90. The Labute approximate surface area is 103 Å². The van der Waals surface area contributed by atoms with Crippen LogP contribution in [0.15, 0.2) is 18.2 Å². The van der Waals surface area contributed by atoms with Gasteiger partial charge in [-0.3, -0.25) is 0 Å². The molecule has 0 atom stereocenters. The first-order chi connectivity index (χ1) is 8.24. The van der Waals surface area contributed by atoms with E-state index in [0.29, 0.717) is 25.4 Å². The maximum atomic E-state index is 13.9. The molecule has 0 aromatic heterocycles. The lowest BCUT2D eigenvalue weighted by Gasteiger charge is -2.26. The Balaban J connectivity index is 2.98. The molecule has 0 unspecified atom stereocenters. The van der Waals surface area contributed by atoms with E-state index in [4.69, 9.17) is 4.74 Å². The molecule has 96 valence electrons. The minimum absolute atomic E-state index is 0.171. The highest BCUT2D eigenvalue weighted by Gasteiger charge is 2.14. The summed E-state index contributed by atoms with van der Waals surface area (Å²) in [7, 11) is 3.52. The van der Waals surface area contributed by atoms with Crippen molar-refractivity contribution in [2.75, 3.05) is 38.8 Å². The van der Waals surface area contributed by atoms with Crippen molar-refractivity contribution in [3.63, 3.8) is 0 Å². The number of anilines is 1. The molecule has 0 amide bonds. The highest BCUT2D eigenvalue weighted by atomic mass is 19.1. The molecule has 0 aliphatic rings. The van der Waals surface area contributed by atoms with Crippen molar-refractivity contribution in [3.8, 4) is 0 Å². The van der Waals surface area contributed by atoms with Crippen LogP contribution in [0.25, 0.3) is 0 Å². The Morgan fingerprint density at radius 2 is 2.18 bits per heavy atom. The van der Waals surface area contributed by atoms with Crippen molar-refractivity contribution in [2.24, 2.45) is 0 Å². The number of nitrogens with zero attached hydrogens (tertiary/aromatic N) is 1. The Morgan fingerprint density at radius 3 is 2.76 bits per heavy atom. The summed E-state index contributed by atoms with van der Waals surface area (Å²) in [6.07, 6.45) is 0. The van der Waals surface area contributed by atoms with Crippen molar-refractivity contribution in [2.45, 2.75) is 13.5 Å². The van der Waals surface area contributed by atoms with E-state index in [1.54, 1.807) is 13.2 Å². The van der Waals surface area contributed by atoms with Gasteiger partial charge in [0.25, 0.3) is 0 Å². The first kappa shape index (κ1) is 13.9. The predicted octanol–water partition coefficient (Wildman–Crippen LogP) is 2.02. The Hall–Kier alpha value is -1.13. The average Bonchev–Trinajstić information content (AvgIpc) is 2.33. The number of likely N-dealkylation sites (N-methyl/N-ethyl adjacent to an activating group) is 1. The van der Waals surface area contributed by atoms with Crippen molar-refractivity contribution in [1.82, 2.24) is 5.32 Å². The van der Waals surface area contributed by atoms with Gasteiger partial charge in [0, 0.05) is 26.7 Å². The van der Waals surface area contributed by atoms with Gasteiger partial charge in [-0.2, -0.15) is 0 Å². The van der Waals surface area contributed by atoms with Crippen LogP contribution in [0.4, 0.5) is 10.1 Å². The quantitative estimate of drug-likeness (QED) is 0.789. The number of ether oxygens (including phenoxy) is 1.